The van der Waals surface area contributed by atoms with Crippen molar-refractivity contribution in [3.05, 3.63) is 90.5 Å². The molecule has 1 aliphatic rings. The summed E-state index contributed by atoms with van der Waals surface area (Å²) < 4.78 is 22.3. The summed E-state index contributed by atoms with van der Waals surface area (Å²) in [5.74, 6) is 1.17. The van der Waals surface area contributed by atoms with Gasteiger partial charge in [-0.1, -0.05) is 42.5 Å². The molecule has 0 unspecified atom stereocenters. The zero-order chi connectivity index (χ0) is 21.9. The van der Waals surface area contributed by atoms with Crippen molar-refractivity contribution in [1.29, 1.82) is 0 Å². The van der Waals surface area contributed by atoms with Crippen LogP contribution in [-0.2, 0) is 11.3 Å². The smallest absolute Gasteiger partial charge is 0.227 e. The highest BCUT2D eigenvalue weighted by molar-refractivity contribution is 5.96. The van der Waals surface area contributed by atoms with Crippen molar-refractivity contribution >= 4 is 22.6 Å². The molecule has 0 saturated carbocycles. The highest BCUT2D eigenvalue weighted by Gasteiger charge is 2.35. The van der Waals surface area contributed by atoms with E-state index in [0.29, 0.717) is 25.3 Å². The lowest BCUT2D eigenvalue weighted by atomic mass is 10.1. The number of imidazole rings is 1. The largest absolute Gasteiger partial charge is 0.494 e. The van der Waals surface area contributed by atoms with Crippen LogP contribution in [0.4, 0.5) is 10.1 Å². The molecule has 0 radical (unpaired) electrons. The standard InChI is InChI=1S/C26H24FN3O2/c27-21-11-4-6-13-23(21)30-18-19(17-25(30)31)26-28-22-12-5-7-14-24(22)29(26)15-8-16-32-20-9-2-1-3-10-20/h1-7,9-14,19H,8,15-18H2/t19-/m0/s1. The third kappa shape index (κ3) is 3.96. The number of halogens is 1. The van der Waals surface area contributed by atoms with Crippen molar-refractivity contribution in [2.24, 2.45) is 0 Å². The van der Waals surface area contributed by atoms with Crippen LogP contribution in [0.25, 0.3) is 11.0 Å². The van der Waals surface area contributed by atoms with Gasteiger partial charge in [-0.05, 0) is 42.8 Å². The Labute approximate surface area is 186 Å². The molecule has 1 fully saturated rings. The predicted molar refractivity (Wildman–Crippen MR) is 122 cm³/mol. The zero-order valence-electron chi connectivity index (χ0n) is 17.7. The summed E-state index contributed by atoms with van der Waals surface area (Å²) in [5.41, 5.74) is 2.28. The summed E-state index contributed by atoms with van der Waals surface area (Å²) >= 11 is 0. The lowest BCUT2D eigenvalue weighted by Crippen LogP contribution is -2.25. The van der Waals surface area contributed by atoms with Gasteiger partial charge in [-0.15, -0.1) is 0 Å². The highest BCUT2D eigenvalue weighted by Crippen LogP contribution is 2.34. The number of fused-ring (bicyclic) bond motifs is 1. The van der Waals surface area contributed by atoms with Crippen LogP contribution in [-0.4, -0.2) is 28.6 Å². The topological polar surface area (TPSA) is 47.4 Å². The molecule has 1 atom stereocenters. The first-order valence-corrected chi connectivity index (χ1v) is 10.9. The van der Waals surface area contributed by atoms with Crippen molar-refractivity contribution in [3.8, 4) is 5.75 Å². The number of aromatic nitrogens is 2. The third-order valence-electron chi connectivity index (χ3n) is 5.86. The summed E-state index contributed by atoms with van der Waals surface area (Å²) in [6.45, 7) is 1.73. The second-order valence-electron chi connectivity index (χ2n) is 7.98. The van der Waals surface area contributed by atoms with Crippen molar-refractivity contribution in [2.75, 3.05) is 18.1 Å². The van der Waals surface area contributed by atoms with Gasteiger partial charge in [0.25, 0.3) is 0 Å². The van der Waals surface area contributed by atoms with E-state index in [9.17, 15) is 9.18 Å². The van der Waals surface area contributed by atoms with E-state index in [1.807, 2.05) is 48.5 Å². The van der Waals surface area contributed by atoms with Gasteiger partial charge in [0.05, 0.1) is 23.3 Å². The highest BCUT2D eigenvalue weighted by atomic mass is 19.1. The summed E-state index contributed by atoms with van der Waals surface area (Å²) in [6, 6.07) is 24.2. The van der Waals surface area contributed by atoms with E-state index in [2.05, 4.69) is 10.6 Å². The van der Waals surface area contributed by atoms with Gasteiger partial charge in [0.15, 0.2) is 0 Å². The summed E-state index contributed by atoms with van der Waals surface area (Å²) in [7, 11) is 0. The maximum Gasteiger partial charge on any atom is 0.227 e. The van der Waals surface area contributed by atoms with Gasteiger partial charge in [0.1, 0.15) is 17.4 Å². The second-order valence-corrected chi connectivity index (χ2v) is 7.98. The van der Waals surface area contributed by atoms with Crippen molar-refractivity contribution in [1.82, 2.24) is 9.55 Å². The van der Waals surface area contributed by atoms with Crippen LogP contribution in [0.3, 0.4) is 0 Å². The third-order valence-corrected chi connectivity index (χ3v) is 5.86. The molecular weight excluding hydrogens is 405 g/mol. The average molecular weight is 429 g/mol. The fourth-order valence-electron chi connectivity index (χ4n) is 4.35. The number of hydrogen-bond acceptors (Lipinski definition) is 3. The van der Waals surface area contributed by atoms with Crippen molar-refractivity contribution in [3.63, 3.8) is 0 Å². The molecule has 0 N–H and O–H groups in total. The van der Waals surface area contributed by atoms with E-state index in [-0.39, 0.29) is 17.6 Å². The molecule has 0 aliphatic carbocycles. The van der Waals surface area contributed by atoms with Crippen LogP contribution < -0.4 is 9.64 Å². The number of nitrogens with zero attached hydrogens (tertiary/aromatic N) is 3. The van der Waals surface area contributed by atoms with Gasteiger partial charge in [-0.3, -0.25) is 4.79 Å². The maximum atomic E-state index is 14.3. The van der Waals surface area contributed by atoms with Gasteiger partial charge < -0.3 is 14.2 Å². The number of ether oxygens (including phenoxy) is 1. The Morgan fingerprint density at radius 1 is 0.969 bits per heavy atom. The molecule has 3 aromatic carbocycles. The molecule has 0 spiro atoms. The van der Waals surface area contributed by atoms with Crippen LogP contribution >= 0.6 is 0 Å². The Kier molecular flexibility index (Phi) is 5.58. The lowest BCUT2D eigenvalue weighted by Gasteiger charge is -2.18. The number of aryl methyl sites for hydroxylation is 1. The quantitative estimate of drug-likeness (QED) is 0.381. The zero-order valence-corrected chi connectivity index (χ0v) is 17.7. The number of carbonyl (C=O) groups is 1. The van der Waals surface area contributed by atoms with Crippen LogP contribution in [0.15, 0.2) is 78.9 Å². The van der Waals surface area contributed by atoms with Gasteiger partial charge in [-0.2, -0.15) is 0 Å². The Morgan fingerprint density at radius 3 is 2.56 bits per heavy atom. The van der Waals surface area contributed by atoms with E-state index in [1.54, 1.807) is 23.1 Å². The number of benzene rings is 3. The Bertz CT molecular complexity index is 1240. The Balaban J connectivity index is 1.37. The first-order chi connectivity index (χ1) is 15.7. The maximum absolute atomic E-state index is 14.3. The number of para-hydroxylation sites is 4. The summed E-state index contributed by atoms with van der Waals surface area (Å²) in [5, 5.41) is 0. The molecule has 2 heterocycles. The number of carbonyl (C=O) groups excluding carboxylic acids is 1. The fourth-order valence-corrected chi connectivity index (χ4v) is 4.35. The first kappa shape index (κ1) is 20.2. The summed E-state index contributed by atoms with van der Waals surface area (Å²) in [4.78, 5) is 19.2. The van der Waals surface area contributed by atoms with Crippen molar-refractivity contribution < 1.29 is 13.9 Å². The van der Waals surface area contributed by atoms with Gasteiger partial charge in [-0.25, -0.2) is 9.37 Å². The molecule has 1 aliphatic heterocycles. The molecule has 0 bridgehead atoms. The molecular formula is C26H24FN3O2. The van der Waals surface area contributed by atoms with Crippen LogP contribution in [0.5, 0.6) is 5.75 Å². The van der Waals surface area contributed by atoms with Crippen LogP contribution in [0.1, 0.15) is 24.6 Å². The molecule has 1 amide bonds. The van der Waals surface area contributed by atoms with Crippen molar-refractivity contribution in [2.45, 2.75) is 25.3 Å². The first-order valence-electron chi connectivity index (χ1n) is 10.9. The monoisotopic (exact) mass is 429 g/mol. The molecule has 5 nitrogen and oxygen atoms in total. The number of hydrogen-bond donors (Lipinski definition) is 0. The Morgan fingerprint density at radius 2 is 1.72 bits per heavy atom. The van der Waals surface area contributed by atoms with E-state index >= 15 is 0 Å². The van der Waals surface area contributed by atoms with Gasteiger partial charge in [0.2, 0.25) is 5.91 Å². The molecule has 32 heavy (non-hydrogen) atoms. The van der Waals surface area contributed by atoms with Crippen LogP contribution in [0.2, 0.25) is 0 Å². The predicted octanol–water partition coefficient (Wildman–Crippen LogP) is 5.17. The normalized spacial score (nSPS) is 16.1. The van der Waals surface area contributed by atoms with E-state index in [1.165, 1.54) is 6.07 Å². The molecule has 4 aromatic rings. The molecule has 1 saturated heterocycles. The number of amides is 1. The fraction of sp³-hybridized carbons (Fsp3) is 0.231. The SMILES string of the molecule is O=C1C[C@H](c2nc3ccccc3n2CCCOc2ccccc2)CN1c1ccccc1F. The van der Waals surface area contributed by atoms with Crippen LogP contribution in [0, 0.1) is 5.82 Å². The lowest BCUT2D eigenvalue weighted by molar-refractivity contribution is -0.117. The van der Waals surface area contributed by atoms with E-state index in [4.69, 9.17) is 9.72 Å². The second kappa shape index (κ2) is 8.83. The van der Waals surface area contributed by atoms with Gasteiger partial charge in [0, 0.05) is 25.4 Å². The minimum Gasteiger partial charge on any atom is -0.494 e. The summed E-state index contributed by atoms with van der Waals surface area (Å²) in [6.07, 6.45) is 1.12. The van der Waals surface area contributed by atoms with Gasteiger partial charge >= 0.3 is 0 Å². The van der Waals surface area contributed by atoms with E-state index < -0.39 is 0 Å². The molecule has 162 valence electrons. The average Bonchev–Trinajstić information content (AvgIpc) is 3.38. The minimum atomic E-state index is -0.381. The Hall–Kier alpha value is -3.67. The van der Waals surface area contributed by atoms with E-state index in [0.717, 1.165) is 35.6 Å². The number of anilines is 1. The molecule has 5 rings (SSSR count). The molecule has 6 heteroatoms. The molecule has 1 aromatic heterocycles. The minimum absolute atomic E-state index is 0.0777. The number of rotatable bonds is 7.